The molecule has 2 rings (SSSR count). The molecule has 0 radical (unpaired) electrons. The summed E-state index contributed by atoms with van der Waals surface area (Å²) in [6.07, 6.45) is 0.273. The number of rotatable bonds is 6. The van der Waals surface area contributed by atoms with Gasteiger partial charge >= 0.3 is 5.97 Å². The van der Waals surface area contributed by atoms with Gasteiger partial charge < -0.3 is 24.6 Å². The van der Waals surface area contributed by atoms with E-state index in [2.05, 4.69) is 5.32 Å². The van der Waals surface area contributed by atoms with Crippen LogP contribution in [-0.4, -0.2) is 55.1 Å². The Kier molecular flexibility index (Phi) is 5.80. The quantitative estimate of drug-likeness (QED) is 0.816. The number of carbonyl (C=O) groups is 2. The molecule has 0 aromatic heterocycles. The fraction of sp³-hybridized carbons (Fsp3) is 0.529. The van der Waals surface area contributed by atoms with Crippen molar-refractivity contribution >= 4 is 11.9 Å². The van der Waals surface area contributed by atoms with Gasteiger partial charge in [-0.2, -0.15) is 0 Å². The summed E-state index contributed by atoms with van der Waals surface area (Å²) in [6.45, 7) is 4.28. The third-order valence-electron chi connectivity index (χ3n) is 4.07. The molecular formula is C17H23NO6. The smallest absolute Gasteiger partial charge is 0.335 e. The van der Waals surface area contributed by atoms with E-state index in [1.165, 1.54) is 19.2 Å². The second-order valence-corrected chi connectivity index (χ2v) is 6.14. The molecule has 132 valence electrons. The van der Waals surface area contributed by atoms with Crippen LogP contribution in [0.1, 0.15) is 30.6 Å². The van der Waals surface area contributed by atoms with Crippen molar-refractivity contribution in [1.82, 2.24) is 5.32 Å². The van der Waals surface area contributed by atoms with E-state index in [0.717, 1.165) is 0 Å². The lowest BCUT2D eigenvalue weighted by molar-refractivity contribution is -0.142. The molecule has 1 aliphatic rings. The van der Waals surface area contributed by atoms with Crippen molar-refractivity contribution in [2.24, 2.45) is 0 Å². The Morgan fingerprint density at radius 1 is 1.29 bits per heavy atom. The number of carboxylic acid groups (broad SMARTS) is 1. The van der Waals surface area contributed by atoms with Crippen LogP contribution in [0.3, 0.4) is 0 Å². The number of benzene rings is 1. The molecule has 0 unspecified atom stereocenters. The minimum atomic E-state index is -0.991. The lowest BCUT2D eigenvalue weighted by Crippen LogP contribution is -2.56. The van der Waals surface area contributed by atoms with Crippen LogP contribution in [0.2, 0.25) is 0 Å². The summed E-state index contributed by atoms with van der Waals surface area (Å²) in [7, 11) is 1.49. The van der Waals surface area contributed by atoms with Gasteiger partial charge in [0, 0.05) is 13.7 Å². The zero-order valence-electron chi connectivity index (χ0n) is 14.1. The van der Waals surface area contributed by atoms with Crippen LogP contribution in [-0.2, 0) is 14.3 Å². The molecule has 1 aromatic rings. The predicted molar refractivity (Wildman–Crippen MR) is 86.3 cm³/mol. The summed E-state index contributed by atoms with van der Waals surface area (Å²) in [6, 6.07) is 5.93. The Hall–Kier alpha value is -2.12. The van der Waals surface area contributed by atoms with Gasteiger partial charge in [-0.05, 0) is 44.5 Å². The summed E-state index contributed by atoms with van der Waals surface area (Å²) >= 11 is 0. The Morgan fingerprint density at radius 2 is 1.96 bits per heavy atom. The number of carboxylic acids is 1. The van der Waals surface area contributed by atoms with Gasteiger partial charge in [0.05, 0.1) is 18.2 Å². The Morgan fingerprint density at radius 3 is 2.54 bits per heavy atom. The normalized spacial score (nSPS) is 21.1. The number of hydrogen-bond acceptors (Lipinski definition) is 5. The highest BCUT2D eigenvalue weighted by Gasteiger charge is 2.34. The standard InChI is InChI=1S/C17H23NO6/c1-17(2,22-3)16(21)18-13-8-9-23-10-14(13)24-12-6-4-11(5-7-12)15(19)20/h4-7,13-14H,8-10H2,1-3H3,(H,18,21)(H,19,20)/t13-,14-/m1/s1. The zero-order chi connectivity index (χ0) is 17.7. The third kappa shape index (κ3) is 4.46. The van der Waals surface area contributed by atoms with E-state index in [9.17, 15) is 9.59 Å². The summed E-state index contributed by atoms with van der Waals surface area (Å²) in [4.78, 5) is 23.2. The van der Waals surface area contributed by atoms with Crippen LogP contribution in [0.25, 0.3) is 0 Å². The molecule has 1 heterocycles. The van der Waals surface area contributed by atoms with Crippen LogP contribution >= 0.6 is 0 Å². The van der Waals surface area contributed by atoms with Gasteiger partial charge in [-0.1, -0.05) is 0 Å². The lowest BCUT2D eigenvalue weighted by atomic mass is 10.0. The van der Waals surface area contributed by atoms with Crippen LogP contribution < -0.4 is 10.1 Å². The molecule has 0 saturated carbocycles. The van der Waals surface area contributed by atoms with Crippen LogP contribution in [0.5, 0.6) is 5.75 Å². The molecule has 2 N–H and O–H groups in total. The molecule has 1 saturated heterocycles. The molecular weight excluding hydrogens is 314 g/mol. The van der Waals surface area contributed by atoms with Gasteiger partial charge in [0.25, 0.3) is 5.91 Å². The summed E-state index contributed by atoms with van der Waals surface area (Å²) < 4.78 is 16.5. The number of hydrogen-bond donors (Lipinski definition) is 2. The Bertz CT molecular complexity index is 583. The van der Waals surface area contributed by atoms with E-state index in [0.29, 0.717) is 25.4 Å². The van der Waals surface area contributed by atoms with Crippen molar-refractivity contribution in [3.05, 3.63) is 29.8 Å². The van der Waals surface area contributed by atoms with E-state index < -0.39 is 11.6 Å². The fourth-order valence-electron chi connectivity index (χ4n) is 2.28. The van der Waals surface area contributed by atoms with Crippen LogP contribution in [0, 0.1) is 0 Å². The van der Waals surface area contributed by atoms with Gasteiger partial charge in [-0.25, -0.2) is 4.79 Å². The summed E-state index contributed by atoms with van der Waals surface area (Å²) in [5.74, 6) is -0.679. The molecule has 1 amide bonds. The molecule has 1 aromatic carbocycles. The van der Waals surface area contributed by atoms with Gasteiger partial charge in [0.1, 0.15) is 17.5 Å². The maximum atomic E-state index is 12.3. The van der Waals surface area contributed by atoms with E-state index in [1.54, 1.807) is 26.0 Å². The largest absolute Gasteiger partial charge is 0.486 e. The maximum Gasteiger partial charge on any atom is 0.335 e. The van der Waals surface area contributed by atoms with Crippen LogP contribution in [0.4, 0.5) is 0 Å². The number of methoxy groups -OCH3 is 1. The minimum absolute atomic E-state index is 0.189. The summed E-state index contributed by atoms with van der Waals surface area (Å²) in [5, 5.41) is 11.9. The SMILES string of the molecule is COC(C)(C)C(=O)N[C@@H]1CCOC[C@H]1Oc1ccc(C(=O)O)cc1. The van der Waals surface area contributed by atoms with Crippen molar-refractivity contribution in [2.75, 3.05) is 20.3 Å². The van der Waals surface area contributed by atoms with E-state index in [1.807, 2.05) is 0 Å². The molecule has 0 spiro atoms. The highest BCUT2D eigenvalue weighted by molar-refractivity contribution is 5.87. The molecule has 7 nitrogen and oxygen atoms in total. The second kappa shape index (κ2) is 7.63. The Labute approximate surface area is 140 Å². The monoisotopic (exact) mass is 337 g/mol. The van der Waals surface area contributed by atoms with Crippen LogP contribution in [0.15, 0.2) is 24.3 Å². The molecule has 0 bridgehead atoms. The molecule has 7 heteroatoms. The van der Waals surface area contributed by atoms with Gasteiger partial charge in [0.15, 0.2) is 0 Å². The average molecular weight is 337 g/mol. The number of ether oxygens (including phenoxy) is 3. The fourth-order valence-corrected chi connectivity index (χ4v) is 2.28. The van der Waals surface area contributed by atoms with E-state index in [-0.39, 0.29) is 23.6 Å². The molecule has 1 aliphatic heterocycles. The molecule has 24 heavy (non-hydrogen) atoms. The first-order chi connectivity index (χ1) is 11.3. The highest BCUT2D eigenvalue weighted by atomic mass is 16.5. The van der Waals surface area contributed by atoms with Crippen molar-refractivity contribution in [1.29, 1.82) is 0 Å². The second-order valence-electron chi connectivity index (χ2n) is 6.14. The summed E-state index contributed by atoms with van der Waals surface area (Å²) in [5.41, 5.74) is -0.736. The third-order valence-corrected chi connectivity index (χ3v) is 4.07. The maximum absolute atomic E-state index is 12.3. The first-order valence-corrected chi connectivity index (χ1v) is 7.77. The van der Waals surface area contributed by atoms with Gasteiger partial charge in [0.2, 0.25) is 0 Å². The first-order valence-electron chi connectivity index (χ1n) is 7.77. The van der Waals surface area contributed by atoms with Crippen molar-refractivity contribution < 1.29 is 28.9 Å². The zero-order valence-corrected chi connectivity index (χ0v) is 14.1. The minimum Gasteiger partial charge on any atom is -0.486 e. The average Bonchev–Trinajstić information content (AvgIpc) is 2.57. The lowest BCUT2D eigenvalue weighted by Gasteiger charge is -2.34. The molecule has 0 aliphatic carbocycles. The topological polar surface area (TPSA) is 94.1 Å². The first kappa shape index (κ1) is 18.2. The predicted octanol–water partition coefficient (Wildman–Crippen LogP) is 1.46. The molecule has 1 fully saturated rings. The highest BCUT2D eigenvalue weighted by Crippen LogP contribution is 2.19. The van der Waals surface area contributed by atoms with Crippen molar-refractivity contribution in [3.63, 3.8) is 0 Å². The van der Waals surface area contributed by atoms with Gasteiger partial charge in [-0.15, -0.1) is 0 Å². The van der Waals surface area contributed by atoms with Crippen molar-refractivity contribution in [2.45, 2.75) is 38.0 Å². The number of carbonyl (C=O) groups excluding carboxylic acids is 1. The van der Waals surface area contributed by atoms with Gasteiger partial charge in [-0.3, -0.25) is 4.79 Å². The number of aromatic carboxylic acids is 1. The van der Waals surface area contributed by atoms with Crippen molar-refractivity contribution in [3.8, 4) is 5.75 Å². The van der Waals surface area contributed by atoms with E-state index in [4.69, 9.17) is 19.3 Å². The Balaban J connectivity index is 2.03. The molecule has 2 atom stereocenters. The van der Waals surface area contributed by atoms with E-state index >= 15 is 0 Å². The number of nitrogens with one attached hydrogen (secondary N) is 1. The number of amides is 1.